The quantitative estimate of drug-likeness (QED) is 0.698. The molecule has 13 heavy (non-hydrogen) atoms. The van der Waals surface area contributed by atoms with Crippen LogP contribution in [0.2, 0.25) is 0 Å². The molecule has 1 heterocycles. The first-order chi connectivity index (χ1) is 6.11. The van der Waals surface area contributed by atoms with Gasteiger partial charge >= 0.3 is 0 Å². The van der Waals surface area contributed by atoms with Crippen molar-refractivity contribution < 1.29 is 0 Å². The zero-order valence-electron chi connectivity index (χ0n) is 8.29. The van der Waals surface area contributed by atoms with Crippen molar-refractivity contribution in [3.8, 4) is 0 Å². The van der Waals surface area contributed by atoms with Crippen LogP contribution in [0.1, 0.15) is 25.2 Å². The van der Waals surface area contributed by atoms with Crippen LogP contribution in [0.15, 0.2) is 12.4 Å². The number of halogens is 1. The van der Waals surface area contributed by atoms with E-state index in [0.717, 1.165) is 17.8 Å². The Morgan fingerprint density at radius 2 is 1.92 bits per heavy atom. The predicted molar refractivity (Wildman–Crippen MR) is 55.0 cm³/mol. The summed E-state index contributed by atoms with van der Waals surface area (Å²) in [6, 6.07) is 0. The number of hydrogen-bond acceptors (Lipinski definition) is 2. The smallest absolute Gasteiger partial charge is 0.0630 e. The number of nitrogens with zero attached hydrogens (tertiary/aromatic N) is 2. The zero-order valence-corrected chi connectivity index (χ0v) is 9.04. The monoisotopic (exact) mass is 198 g/mol. The van der Waals surface area contributed by atoms with Crippen molar-refractivity contribution in [2.24, 2.45) is 5.92 Å². The molecule has 0 spiro atoms. The van der Waals surface area contributed by atoms with E-state index >= 15 is 0 Å². The average molecular weight is 199 g/mol. The number of hydrogen-bond donors (Lipinski definition) is 0. The van der Waals surface area contributed by atoms with E-state index in [1.807, 2.05) is 6.92 Å². The molecule has 0 aliphatic heterocycles. The van der Waals surface area contributed by atoms with E-state index in [1.165, 1.54) is 0 Å². The predicted octanol–water partition coefficient (Wildman–Crippen LogP) is 2.59. The van der Waals surface area contributed by atoms with Crippen molar-refractivity contribution in [2.75, 3.05) is 0 Å². The van der Waals surface area contributed by atoms with E-state index in [1.54, 1.807) is 12.4 Å². The Balaban J connectivity index is 2.69. The molecule has 2 nitrogen and oxygen atoms in total. The third-order valence-electron chi connectivity index (χ3n) is 2.09. The van der Waals surface area contributed by atoms with Crippen LogP contribution in [0.3, 0.4) is 0 Å². The highest BCUT2D eigenvalue weighted by Gasteiger charge is 2.12. The fourth-order valence-corrected chi connectivity index (χ4v) is 1.20. The van der Waals surface area contributed by atoms with Gasteiger partial charge in [-0.3, -0.25) is 9.97 Å². The Kier molecular flexibility index (Phi) is 3.67. The standard InChI is InChI=1S/C10H15ClN2/c1-7(2)9(11)6-10-8(3)12-4-5-13-10/h4-5,7,9H,6H2,1-3H3. The molecule has 0 aromatic carbocycles. The van der Waals surface area contributed by atoms with Crippen LogP contribution in [0.5, 0.6) is 0 Å². The fraction of sp³-hybridized carbons (Fsp3) is 0.600. The Labute approximate surface area is 84.4 Å². The topological polar surface area (TPSA) is 25.8 Å². The van der Waals surface area contributed by atoms with Crippen LogP contribution in [-0.4, -0.2) is 15.3 Å². The maximum atomic E-state index is 6.15. The van der Waals surface area contributed by atoms with Crippen LogP contribution in [0.25, 0.3) is 0 Å². The molecule has 0 amide bonds. The molecule has 0 aliphatic carbocycles. The second-order valence-electron chi connectivity index (χ2n) is 3.55. The molecule has 1 aromatic heterocycles. The molecule has 72 valence electrons. The van der Waals surface area contributed by atoms with E-state index in [4.69, 9.17) is 11.6 Å². The van der Waals surface area contributed by atoms with E-state index in [-0.39, 0.29) is 5.38 Å². The first-order valence-corrected chi connectivity index (χ1v) is 4.95. The molecule has 0 saturated carbocycles. The summed E-state index contributed by atoms with van der Waals surface area (Å²) in [4.78, 5) is 8.42. The van der Waals surface area contributed by atoms with Gasteiger partial charge in [0.2, 0.25) is 0 Å². The van der Waals surface area contributed by atoms with E-state index in [0.29, 0.717) is 5.92 Å². The number of aromatic nitrogens is 2. The molecule has 0 bridgehead atoms. The van der Waals surface area contributed by atoms with Crippen LogP contribution in [0.4, 0.5) is 0 Å². The summed E-state index contributed by atoms with van der Waals surface area (Å²) in [5, 5.41) is 0.149. The Bertz CT molecular complexity index is 273. The summed E-state index contributed by atoms with van der Waals surface area (Å²) < 4.78 is 0. The van der Waals surface area contributed by atoms with Gasteiger partial charge in [-0.25, -0.2) is 0 Å². The van der Waals surface area contributed by atoms with Gasteiger partial charge < -0.3 is 0 Å². The minimum Gasteiger partial charge on any atom is -0.258 e. The summed E-state index contributed by atoms with van der Waals surface area (Å²) in [7, 11) is 0. The molecule has 1 atom stereocenters. The number of rotatable bonds is 3. The Morgan fingerprint density at radius 3 is 2.46 bits per heavy atom. The van der Waals surface area contributed by atoms with Crippen LogP contribution >= 0.6 is 11.6 Å². The minimum absolute atomic E-state index is 0.149. The maximum absolute atomic E-state index is 6.15. The molecule has 0 saturated heterocycles. The van der Waals surface area contributed by atoms with Gasteiger partial charge in [0.1, 0.15) is 0 Å². The first kappa shape index (κ1) is 10.5. The van der Waals surface area contributed by atoms with Crippen molar-refractivity contribution in [3.63, 3.8) is 0 Å². The largest absolute Gasteiger partial charge is 0.258 e. The van der Waals surface area contributed by atoms with E-state index < -0.39 is 0 Å². The highest BCUT2D eigenvalue weighted by atomic mass is 35.5. The summed E-state index contributed by atoms with van der Waals surface area (Å²) in [6.45, 7) is 6.19. The molecular formula is C10H15ClN2. The summed E-state index contributed by atoms with van der Waals surface area (Å²) in [6.07, 6.45) is 4.22. The molecule has 0 radical (unpaired) electrons. The molecule has 1 rings (SSSR count). The van der Waals surface area contributed by atoms with Crippen LogP contribution < -0.4 is 0 Å². The van der Waals surface area contributed by atoms with Crippen molar-refractivity contribution >= 4 is 11.6 Å². The lowest BCUT2D eigenvalue weighted by Gasteiger charge is -2.13. The lowest BCUT2D eigenvalue weighted by atomic mass is 10.0. The van der Waals surface area contributed by atoms with Gasteiger partial charge in [-0.15, -0.1) is 11.6 Å². The minimum atomic E-state index is 0.149. The van der Waals surface area contributed by atoms with Crippen molar-refractivity contribution in [3.05, 3.63) is 23.8 Å². The van der Waals surface area contributed by atoms with Gasteiger partial charge in [0.25, 0.3) is 0 Å². The Hall–Kier alpha value is -0.630. The summed E-state index contributed by atoms with van der Waals surface area (Å²) in [5.74, 6) is 0.475. The van der Waals surface area contributed by atoms with Gasteiger partial charge in [0.15, 0.2) is 0 Å². The first-order valence-electron chi connectivity index (χ1n) is 4.51. The highest BCUT2D eigenvalue weighted by molar-refractivity contribution is 6.20. The lowest BCUT2D eigenvalue weighted by Crippen LogP contribution is -2.13. The lowest BCUT2D eigenvalue weighted by molar-refractivity contribution is 0.588. The van der Waals surface area contributed by atoms with Gasteiger partial charge in [-0.05, 0) is 12.8 Å². The molecule has 0 N–H and O–H groups in total. The fourth-order valence-electron chi connectivity index (χ4n) is 1.06. The maximum Gasteiger partial charge on any atom is 0.0630 e. The second kappa shape index (κ2) is 4.56. The van der Waals surface area contributed by atoms with Gasteiger partial charge in [-0.1, -0.05) is 13.8 Å². The molecular weight excluding hydrogens is 184 g/mol. The number of aryl methyl sites for hydroxylation is 1. The SMILES string of the molecule is Cc1nccnc1CC(Cl)C(C)C. The van der Waals surface area contributed by atoms with Crippen LogP contribution in [-0.2, 0) is 6.42 Å². The van der Waals surface area contributed by atoms with Gasteiger partial charge in [0.05, 0.1) is 11.4 Å². The zero-order chi connectivity index (χ0) is 9.84. The van der Waals surface area contributed by atoms with Gasteiger partial charge in [0, 0.05) is 24.2 Å². The Morgan fingerprint density at radius 1 is 1.31 bits per heavy atom. The third-order valence-corrected chi connectivity index (χ3v) is 2.75. The highest BCUT2D eigenvalue weighted by Crippen LogP contribution is 2.15. The van der Waals surface area contributed by atoms with Crippen molar-refractivity contribution in [1.29, 1.82) is 0 Å². The van der Waals surface area contributed by atoms with E-state index in [2.05, 4.69) is 23.8 Å². The van der Waals surface area contributed by atoms with Crippen molar-refractivity contribution in [1.82, 2.24) is 9.97 Å². The molecule has 3 heteroatoms. The molecule has 1 unspecified atom stereocenters. The summed E-state index contributed by atoms with van der Waals surface area (Å²) >= 11 is 6.15. The number of alkyl halides is 1. The van der Waals surface area contributed by atoms with E-state index in [9.17, 15) is 0 Å². The molecule has 0 fully saturated rings. The average Bonchev–Trinajstić information content (AvgIpc) is 2.08. The normalized spacial score (nSPS) is 13.3. The van der Waals surface area contributed by atoms with Crippen LogP contribution in [0, 0.1) is 12.8 Å². The molecule has 0 aliphatic rings. The second-order valence-corrected chi connectivity index (χ2v) is 4.11. The third kappa shape index (κ3) is 2.96. The summed E-state index contributed by atoms with van der Waals surface area (Å²) in [5.41, 5.74) is 1.99. The molecule has 1 aromatic rings. The van der Waals surface area contributed by atoms with Gasteiger partial charge in [-0.2, -0.15) is 0 Å². The van der Waals surface area contributed by atoms with Crippen molar-refractivity contribution in [2.45, 2.75) is 32.6 Å².